The summed E-state index contributed by atoms with van der Waals surface area (Å²) in [5, 5.41) is 2.77. The molecule has 0 rings (SSSR count). The normalized spacial score (nSPS) is 12.2. The van der Waals surface area contributed by atoms with Crippen LogP contribution in [0.25, 0.3) is 0 Å². The van der Waals surface area contributed by atoms with Crippen molar-refractivity contribution in [1.29, 1.82) is 0 Å². The highest BCUT2D eigenvalue weighted by molar-refractivity contribution is 5.96. The number of Topliss-reactive ketones (excluding diaryl/α,β-unsaturated/α-hetero) is 1. The van der Waals surface area contributed by atoms with Crippen molar-refractivity contribution in [2.24, 2.45) is 0 Å². The average molecular weight is 201 g/mol. The molecule has 0 aliphatic carbocycles. The highest BCUT2D eigenvalue weighted by Crippen LogP contribution is 1.97. The molecule has 4 heteroatoms. The Labute approximate surface area is 85.0 Å². The highest BCUT2D eigenvalue weighted by atomic mass is 16.5. The molecule has 1 unspecified atom stereocenters. The molecule has 0 fully saturated rings. The molecule has 0 bridgehead atoms. The molecule has 14 heavy (non-hydrogen) atoms. The van der Waals surface area contributed by atoms with Crippen LogP contribution in [0.5, 0.6) is 0 Å². The fourth-order valence-electron chi connectivity index (χ4n) is 1.25. The molecular weight excluding hydrogens is 182 g/mol. The van der Waals surface area contributed by atoms with E-state index in [4.69, 9.17) is 4.74 Å². The molecular formula is C10H19NO3. The molecule has 0 heterocycles. The molecule has 0 aliphatic heterocycles. The molecule has 0 aliphatic rings. The van der Waals surface area contributed by atoms with Gasteiger partial charge in [0.15, 0.2) is 0 Å². The molecule has 0 spiro atoms. The van der Waals surface area contributed by atoms with Gasteiger partial charge in [-0.15, -0.1) is 0 Å². The summed E-state index contributed by atoms with van der Waals surface area (Å²) in [5.74, 6) is -0.330. The Bertz CT molecular complexity index is 186. The second-order valence-electron chi connectivity index (χ2n) is 3.39. The second kappa shape index (κ2) is 7.50. The molecule has 0 saturated carbocycles. The van der Waals surface area contributed by atoms with E-state index in [9.17, 15) is 9.59 Å². The first kappa shape index (κ1) is 13.1. The van der Waals surface area contributed by atoms with E-state index in [0.717, 1.165) is 12.8 Å². The summed E-state index contributed by atoms with van der Waals surface area (Å²) in [6, 6.07) is 0.0249. The Kier molecular flexibility index (Phi) is 7.02. The van der Waals surface area contributed by atoms with Crippen molar-refractivity contribution in [1.82, 2.24) is 5.32 Å². The maximum atomic E-state index is 11.2. The molecule has 0 saturated heterocycles. The number of hydrogen-bond acceptors (Lipinski definition) is 3. The van der Waals surface area contributed by atoms with Gasteiger partial charge in [-0.05, 0) is 13.3 Å². The van der Waals surface area contributed by atoms with E-state index in [0.29, 0.717) is 6.61 Å². The van der Waals surface area contributed by atoms with Crippen LogP contribution in [0.2, 0.25) is 0 Å². The van der Waals surface area contributed by atoms with Gasteiger partial charge < -0.3 is 10.1 Å². The number of nitrogens with one attached hydrogen (secondary N) is 1. The minimum Gasteiger partial charge on any atom is -0.383 e. The number of amides is 1. The van der Waals surface area contributed by atoms with Gasteiger partial charge in [-0.3, -0.25) is 9.59 Å². The highest BCUT2D eigenvalue weighted by Gasteiger charge is 2.12. The van der Waals surface area contributed by atoms with E-state index in [1.54, 1.807) is 7.11 Å². The largest absolute Gasteiger partial charge is 0.383 e. The number of carbonyl (C=O) groups excluding carboxylic acids is 2. The predicted molar refractivity (Wildman–Crippen MR) is 54.0 cm³/mol. The van der Waals surface area contributed by atoms with Crippen LogP contribution in [0.15, 0.2) is 0 Å². The minimum atomic E-state index is -0.215. The lowest BCUT2D eigenvalue weighted by Crippen LogP contribution is -2.38. The van der Waals surface area contributed by atoms with Crippen LogP contribution in [0, 0.1) is 0 Å². The predicted octanol–water partition coefficient (Wildman–Crippen LogP) is 0.897. The Morgan fingerprint density at radius 2 is 2.07 bits per heavy atom. The molecule has 1 amide bonds. The van der Waals surface area contributed by atoms with Crippen molar-refractivity contribution >= 4 is 11.7 Å². The number of ether oxygens (including phenoxy) is 1. The Morgan fingerprint density at radius 1 is 1.43 bits per heavy atom. The van der Waals surface area contributed by atoms with E-state index in [-0.39, 0.29) is 24.2 Å². The molecule has 1 atom stereocenters. The zero-order chi connectivity index (χ0) is 11.0. The lowest BCUT2D eigenvalue weighted by molar-refractivity contribution is -0.127. The maximum absolute atomic E-state index is 11.2. The van der Waals surface area contributed by atoms with Crippen molar-refractivity contribution < 1.29 is 14.3 Å². The zero-order valence-electron chi connectivity index (χ0n) is 9.13. The summed E-state index contributed by atoms with van der Waals surface area (Å²) >= 11 is 0. The van der Waals surface area contributed by atoms with Gasteiger partial charge >= 0.3 is 0 Å². The van der Waals surface area contributed by atoms with Gasteiger partial charge in [0.2, 0.25) is 5.91 Å². The van der Waals surface area contributed by atoms with Gasteiger partial charge in [-0.1, -0.05) is 13.3 Å². The maximum Gasteiger partial charge on any atom is 0.227 e. The van der Waals surface area contributed by atoms with Crippen LogP contribution in [-0.2, 0) is 14.3 Å². The quantitative estimate of drug-likeness (QED) is 0.622. The summed E-state index contributed by atoms with van der Waals surface area (Å²) in [7, 11) is 1.60. The molecule has 1 N–H and O–H groups in total. The summed E-state index contributed by atoms with van der Waals surface area (Å²) < 4.78 is 4.96. The van der Waals surface area contributed by atoms with E-state index < -0.39 is 0 Å². The summed E-state index contributed by atoms with van der Waals surface area (Å²) in [6.07, 6.45) is 1.82. The van der Waals surface area contributed by atoms with E-state index in [1.165, 1.54) is 6.92 Å². The molecule has 82 valence electrons. The third-order valence-corrected chi connectivity index (χ3v) is 1.78. The van der Waals surface area contributed by atoms with Crippen molar-refractivity contribution in [3.8, 4) is 0 Å². The monoisotopic (exact) mass is 201 g/mol. The Hall–Kier alpha value is -0.900. The SMILES string of the molecule is CCCC(COC)NC(=O)CC(C)=O. The number of ketones is 1. The first-order valence-electron chi connectivity index (χ1n) is 4.87. The molecule has 0 aromatic rings. The topological polar surface area (TPSA) is 55.4 Å². The van der Waals surface area contributed by atoms with Crippen molar-refractivity contribution in [2.75, 3.05) is 13.7 Å². The Balaban J connectivity index is 3.88. The number of methoxy groups -OCH3 is 1. The van der Waals surface area contributed by atoms with E-state index in [2.05, 4.69) is 5.32 Å². The van der Waals surface area contributed by atoms with Crippen LogP contribution in [0.3, 0.4) is 0 Å². The Morgan fingerprint density at radius 3 is 2.50 bits per heavy atom. The fraction of sp³-hybridized carbons (Fsp3) is 0.800. The number of carbonyl (C=O) groups is 2. The summed E-state index contributed by atoms with van der Waals surface area (Å²) in [4.78, 5) is 21.9. The second-order valence-corrected chi connectivity index (χ2v) is 3.39. The number of hydrogen-bond donors (Lipinski definition) is 1. The summed E-state index contributed by atoms with van der Waals surface area (Å²) in [6.45, 7) is 3.95. The van der Waals surface area contributed by atoms with Gasteiger partial charge in [0.05, 0.1) is 19.1 Å². The lowest BCUT2D eigenvalue weighted by atomic mass is 10.1. The molecule has 0 aromatic heterocycles. The van der Waals surface area contributed by atoms with Crippen molar-refractivity contribution in [3.05, 3.63) is 0 Å². The van der Waals surface area contributed by atoms with Gasteiger partial charge in [-0.2, -0.15) is 0 Å². The number of rotatable bonds is 7. The fourth-order valence-corrected chi connectivity index (χ4v) is 1.25. The van der Waals surface area contributed by atoms with Crippen molar-refractivity contribution in [2.45, 2.75) is 39.2 Å². The third kappa shape index (κ3) is 6.60. The van der Waals surface area contributed by atoms with Gasteiger partial charge in [0.1, 0.15) is 5.78 Å². The zero-order valence-corrected chi connectivity index (χ0v) is 9.13. The average Bonchev–Trinajstić information content (AvgIpc) is 2.03. The van der Waals surface area contributed by atoms with Gasteiger partial charge in [-0.25, -0.2) is 0 Å². The lowest BCUT2D eigenvalue weighted by Gasteiger charge is -2.16. The van der Waals surface area contributed by atoms with Crippen molar-refractivity contribution in [3.63, 3.8) is 0 Å². The van der Waals surface area contributed by atoms with Gasteiger partial charge in [0.25, 0.3) is 0 Å². The third-order valence-electron chi connectivity index (χ3n) is 1.78. The molecule has 0 radical (unpaired) electrons. The van der Waals surface area contributed by atoms with Crippen LogP contribution in [0.4, 0.5) is 0 Å². The molecule has 4 nitrogen and oxygen atoms in total. The van der Waals surface area contributed by atoms with Gasteiger partial charge in [0, 0.05) is 7.11 Å². The standard InChI is InChI=1S/C10H19NO3/c1-4-5-9(7-14-3)11-10(13)6-8(2)12/h9H,4-7H2,1-3H3,(H,11,13). The first-order valence-corrected chi connectivity index (χ1v) is 4.87. The van der Waals surface area contributed by atoms with E-state index >= 15 is 0 Å². The van der Waals surface area contributed by atoms with E-state index in [1.807, 2.05) is 6.92 Å². The van der Waals surface area contributed by atoms with Crippen LogP contribution in [-0.4, -0.2) is 31.4 Å². The minimum absolute atomic E-state index is 0.0249. The van der Waals surface area contributed by atoms with Crippen LogP contribution < -0.4 is 5.32 Å². The first-order chi connectivity index (χ1) is 6.60. The smallest absolute Gasteiger partial charge is 0.227 e. The van der Waals surface area contributed by atoms with Crippen LogP contribution in [0.1, 0.15) is 33.1 Å². The van der Waals surface area contributed by atoms with Crippen LogP contribution >= 0.6 is 0 Å². The molecule has 0 aromatic carbocycles. The summed E-state index contributed by atoms with van der Waals surface area (Å²) in [5.41, 5.74) is 0.